The molecule has 1 fully saturated rings. The first-order valence-corrected chi connectivity index (χ1v) is 10.2. The number of hydrogen-bond donors (Lipinski definition) is 1. The van der Waals surface area contributed by atoms with E-state index in [-0.39, 0.29) is 5.91 Å². The molecule has 0 spiro atoms. The van der Waals surface area contributed by atoms with Crippen LogP contribution in [0, 0.1) is 0 Å². The molecule has 0 bridgehead atoms. The van der Waals surface area contributed by atoms with Gasteiger partial charge in [0.2, 0.25) is 5.91 Å². The Labute approximate surface area is 173 Å². The lowest BCUT2D eigenvalue weighted by Gasteiger charge is -2.34. The lowest BCUT2D eigenvalue weighted by molar-refractivity contribution is -0.122. The fraction of sp³-hybridized carbons (Fsp3) is 0.435. The van der Waals surface area contributed by atoms with E-state index in [1.807, 2.05) is 30.3 Å². The van der Waals surface area contributed by atoms with Gasteiger partial charge in [-0.1, -0.05) is 42.5 Å². The van der Waals surface area contributed by atoms with Crippen LogP contribution in [-0.4, -0.2) is 68.8 Å². The lowest BCUT2D eigenvalue weighted by atomic mass is 10.2. The highest BCUT2D eigenvalue weighted by Gasteiger charge is 2.18. The summed E-state index contributed by atoms with van der Waals surface area (Å²) in [5, 5.41) is 3.02. The second-order valence-electron chi connectivity index (χ2n) is 7.30. The molecule has 1 heterocycles. The van der Waals surface area contributed by atoms with Gasteiger partial charge in [0.15, 0.2) is 0 Å². The van der Waals surface area contributed by atoms with Gasteiger partial charge in [-0.25, -0.2) is 0 Å². The number of piperazine rings is 1. The van der Waals surface area contributed by atoms with Gasteiger partial charge in [-0.15, -0.1) is 0 Å². The van der Waals surface area contributed by atoms with Gasteiger partial charge in [-0.2, -0.15) is 0 Å². The molecule has 29 heavy (non-hydrogen) atoms. The van der Waals surface area contributed by atoms with Gasteiger partial charge in [0.25, 0.3) is 0 Å². The van der Waals surface area contributed by atoms with E-state index in [0.717, 1.165) is 44.0 Å². The van der Waals surface area contributed by atoms with E-state index in [2.05, 4.69) is 39.4 Å². The molecule has 1 saturated heterocycles. The Balaban J connectivity index is 1.35. The highest BCUT2D eigenvalue weighted by Crippen LogP contribution is 2.13. The van der Waals surface area contributed by atoms with Crippen LogP contribution in [0.4, 0.5) is 0 Å². The zero-order valence-electron chi connectivity index (χ0n) is 17.2. The molecule has 6 nitrogen and oxygen atoms in total. The van der Waals surface area contributed by atoms with Crippen molar-refractivity contribution in [3.8, 4) is 5.75 Å². The zero-order valence-corrected chi connectivity index (χ0v) is 17.2. The first kappa shape index (κ1) is 21.3. The van der Waals surface area contributed by atoms with Gasteiger partial charge in [-0.05, 0) is 23.3 Å². The number of amides is 1. The van der Waals surface area contributed by atoms with Crippen LogP contribution in [0.1, 0.15) is 11.1 Å². The normalized spacial score (nSPS) is 15.2. The lowest BCUT2D eigenvalue weighted by Crippen LogP contribution is -2.49. The second kappa shape index (κ2) is 11.6. The van der Waals surface area contributed by atoms with Crippen molar-refractivity contribution in [2.24, 2.45) is 0 Å². The Morgan fingerprint density at radius 1 is 0.931 bits per heavy atom. The van der Waals surface area contributed by atoms with E-state index in [0.29, 0.717) is 26.3 Å². The molecule has 0 aromatic heterocycles. The summed E-state index contributed by atoms with van der Waals surface area (Å²) in [6.45, 7) is 6.82. The number of rotatable bonds is 10. The number of ether oxygens (including phenoxy) is 2. The van der Waals surface area contributed by atoms with E-state index < -0.39 is 0 Å². The third-order valence-corrected chi connectivity index (χ3v) is 5.03. The number of methoxy groups -OCH3 is 1. The Hall–Kier alpha value is -2.41. The molecule has 1 N–H and O–H groups in total. The van der Waals surface area contributed by atoms with Crippen molar-refractivity contribution in [3.63, 3.8) is 0 Å². The van der Waals surface area contributed by atoms with Gasteiger partial charge in [0, 0.05) is 46.4 Å². The molecule has 1 aliphatic heterocycles. The van der Waals surface area contributed by atoms with Crippen LogP contribution < -0.4 is 10.1 Å². The van der Waals surface area contributed by atoms with Crippen molar-refractivity contribution in [1.29, 1.82) is 0 Å². The third-order valence-electron chi connectivity index (χ3n) is 5.03. The molecule has 1 amide bonds. The van der Waals surface area contributed by atoms with Crippen molar-refractivity contribution in [2.75, 3.05) is 53.0 Å². The zero-order chi connectivity index (χ0) is 20.3. The van der Waals surface area contributed by atoms with Crippen molar-refractivity contribution >= 4 is 5.91 Å². The van der Waals surface area contributed by atoms with Crippen LogP contribution >= 0.6 is 0 Å². The molecule has 0 aliphatic carbocycles. The molecular formula is C23H31N3O3. The van der Waals surface area contributed by atoms with E-state index in [1.165, 1.54) is 5.56 Å². The van der Waals surface area contributed by atoms with E-state index in [9.17, 15) is 4.79 Å². The maximum absolute atomic E-state index is 12.3. The average Bonchev–Trinajstić information content (AvgIpc) is 2.75. The largest absolute Gasteiger partial charge is 0.491 e. The monoisotopic (exact) mass is 397 g/mol. The topological polar surface area (TPSA) is 54.0 Å². The molecular weight excluding hydrogens is 366 g/mol. The van der Waals surface area contributed by atoms with Crippen LogP contribution in [0.3, 0.4) is 0 Å². The fourth-order valence-electron chi connectivity index (χ4n) is 3.39. The number of hydrogen-bond acceptors (Lipinski definition) is 5. The maximum atomic E-state index is 12.3. The molecule has 1 aliphatic rings. The van der Waals surface area contributed by atoms with Gasteiger partial charge < -0.3 is 14.8 Å². The molecule has 6 heteroatoms. The van der Waals surface area contributed by atoms with Gasteiger partial charge >= 0.3 is 0 Å². The van der Waals surface area contributed by atoms with Crippen molar-refractivity contribution < 1.29 is 14.3 Å². The van der Waals surface area contributed by atoms with Crippen LogP contribution in [0.2, 0.25) is 0 Å². The predicted molar refractivity (Wildman–Crippen MR) is 114 cm³/mol. The number of nitrogens with one attached hydrogen (secondary N) is 1. The summed E-state index contributed by atoms with van der Waals surface area (Å²) in [7, 11) is 1.65. The average molecular weight is 398 g/mol. The van der Waals surface area contributed by atoms with E-state index in [1.54, 1.807) is 7.11 Å². The van der Waals surface area contributed by atoms with Crippen molar-refractivity contribution in [1.82, 2.24) is 15.1 Å². The quantitative estimate of drug-likeness (QED) is 0.623. The van der Waals surface area contributed by atoms with Crippen LogP contribution in [0.15, 0.2) is 54.6 Å². The van der Waals surface area contributed by atoms with Crippen LogP contribution in [0.25, 0.3) is 0 Å². The number of carbonyl (C=O) groups is 1. The summed E-state index contributed by atoms with van der Waals surface area (Å²) in [6.07, 6.45) is 0. The summed E-state index contributed by atoms with van der Waals surface area (Å²) in [6, 6.07) is 18.3. The molecule has 2 aromatic rings. The Morgan fingerprint density at radius 2 is 1.66 bits per heavy atom. The van der Waals surface area contributed by atoms with Gasteiger partial charge in [-0.3, -0.25) is 14.6 Å². The second-order valence-corrected chi connectivity index (χ2v) is 7.30. The smallest absolute Gasteiger partial charge is 0.234 e. The maximum Gasteiger partial charge on any atom is 0.234 e. The summed E-state index contributed by atoms with van der Waals surface area (Å²) in [4.78, 5) is 17.0. The molecule has 3 rings (SSSR count). The molecule has 0 saturated carbocycles. The molecule has 156 valence electrons. The molecule has 2 aromatic carbocycles. The fourth-order valence-corrected chi connectivity index (χ4v) is 3.39. The number of nitrogens with zero attached hydrogens (tertiary/aromatic N) is 2. The number of carbonyl (C=O) groups excluding carboxylic acids is 1. The first-order chi connectivity index (χ1) is 14.2. The number of benzene rings is 2. The first-order valence-electron chi connectivity index (χ1n) is 10.2. The van der Waals surface area contributed by atoms with E-state index >= 15 is 0 Å². The summed E-state index contributed by atoms with van der Waals surface area (Å²) >= 11 is 0. The van der Waals surface area contributed by atoms with Gasteiger partial charge in [0.05, 0.1) is 13.2 Å². The van der Waals surface area contributed by atoms with Crippen LogP contribution in [-0.2, 0) is 22.6 Å². The minimum Gasteiger partial charge on any atom is -0.491 e. The summed E-state index contributed by atoms with van der Waals surface area (Å²) in [5.41, 5.74) is 2.37. The predicted octanol–water partition coefficient (Wildman–Crippen LogP) is 2.15. The minimum atomic E-state index is 0.0622. The summed E-state index contributed by atoms with van der Waals surface area (Å²) in [5.74, 6) is 0.857. The third kappa shape index (κ3) is 7.49. The molecule has 0 radical (unpaired) electrons. The van der Waals surface area contributed by atoms with Crippen molar-refractivity contribution in [3.05, 3.63) is 65.7 Å². The molecule has 0 atom stereocenters. The highest BCUT2D eigenvalue weighted by atomic mass is 16.5. The molecule has 0 unspecified atom stereocenters. The summed E-state index contributed by atoms with van der Waals surface area (Å²) < 4.78 is 10.6. The highest BCUT2D eigenvalue weighted by molar-refractivity contribution is 5.78. The van der Waals surface area contributed by atoms with Crippen molar-refractivity contribution in [2.45, 2.75) is 13.1 Å². The Kier molecular flexibility index (Phi) is 8.49. The standard InChI is InChI=1S/C23H31N3O3/c1-28-14-15-29-22-9-5-8-21(16-22)17-24-23(27)19-26-12-10-25(11-13-26)18-20-6-3-2-4-7-20/h2-9,16H,10-15,17-19H2,1H3,(H,24,27). The Bertz CT molecular complexity index is 746. The SMILES string of the molecule is COCCOc1cccc(CNC(=O)CN2CCN(Cc3ccccc3)CC2)c1. The van der Waals surface area contributed by atoms with E-state index in [4.69, 9.17) is 9.47 Å². The van der Waals surface area contributed by atoms with Gasteiger partial charge in [0.1, 0.15) is 12.4 Å². The van der Waals surface area contributed by atoms with Crippen LogP contribution in [0.5, 0.6) is 5.75 Å². The Morgan fingerprint density at radius 3 is 2.41 bits per heavy atom. The minimum absolute atomic E-state index is 0.0622.